The van der Waals surface area contributed by atoms with Gasteiger partial charge < -0.3 is 20.5 Å². The molecule has 0 bridgehead atoms. The SMILES string of the molecule is O=C(NCCNC(=O)c1sc2ccccc2c1Cl)c1ccc(O[C@H]2CC[C@@H](C(=O)O)CC2)cc1F. The monoisotopic (exact) mass is 518 g/mol. The fourth-order valence-electron chi connectivity index (χ4n) is 4.06. The molecule has 7 nitrogen and oxygen atoms in total. The Morgan fingerprint density at radius 1 is 1.03 bits per heavy atom. The quantitative estimate of drug-likeness (QED) is 0.369. The van der Waals surface area contributed by atoms with E-state index in [9.17, 15) is 18.8 Å². The van der Waals surface area contributed by atoms with Gasteiger partial charge in [-0.05, 0) is 43.9 Å². The van der Waals surface area contributed by atoms with Gasteiger partial charge in [-0.2, -0.15) is 0 Å². The number of halogens is 2. The molecule has 1 saturated carbocycles. The van der Waals surface area contributed by atoms with Gasteiger partial charge in [0.1, 0.15) is 16.4 Å². The van der Waals surface area contributed by atoms with Crippen LogP contribution < -0.4 is 15.4 Å². The first kappa shape index (κ1) is 24.9. The van der Waals surface area contributed by atoms with Crippen molar-refractivity contribution in [2.75, 3.05) is 13.1 Å². The van der Waals surface area contributed by atoms with E-state index >= 15 is 0 Å². The highest BCUT2D eigenvalue weighted by Gasteiger charge is 2.27. The second-order valence-electron chi connectivity index (χ2n) is 8.32. The van der Waals surface area contributed by atoms with E-state index < -0.39 is 17.7 Å². The van der Waals surface area contributed by atoms with Crippen molar-refractivity contribution < 1.29 is 28.6 Å². The molecule has 0 saturated heterocycles. The number of hydrogen-bond donors (Lipinski definition) is 3. The van der Waals surface area contributed by atoms with Gasteiger partial charge in [-0.1, -0.05) is 29.8 Å². The Balaban J connectivity index is 1.25. The molecule has 0 aliphatic heterocycles. The first-order valence-corrected chi connectivity index (χ1v) is 12.5. The van der Waals surface area contributed by atoms with Crippen molar-refractivity contribution in [1.82, 2.24) is 10.6 Å². The minimum Gasteiger partial charge on any atom is -0.490 e. The predicted molar refractivity (Wildman–Crippen MR) is 132 cm³/mol. The fraction of sp³-hybridized carbons (Fsp3) is 0.320. The number of fused-ring (bicyclic) bond motifs is 1. The first-order valence-electron chi connectivity index (χ1n) is 11.3. The zero-order chi connectivity index (χ0) is 24.9. The summed E-state index contributed by atoms with van der Waals surface area (Å²) in [6.07, 6.45) is 2.03. The zero-order valence-electron chi connectivity index (χ0n) is 18.7. The molecule has 2 amide bonds. The molecule has 2 aromatic carbocycles. The van der Waals surface area contributed by atoms with Crippen molar-refractivity contribution in [2.45, 2.75) is 31.8 Å². The van der Waals surface area contributed by atoms with Crippen LogP contribution in [0.2, 0.25) is 5.02 Å². The predicted octanol–water partition coefficient (Wildman–Crippen LogP) is 4.88. The highest BCUT2D eigenvalue weighted by atomic mass is 35.5. The van der Waals surface area contributed by atoms with Gasteiger partial charge in [0.15, 0.2) is 0 Å². The number of carboxylic acid groups (broad SMARTS) is 1. The van der Waals surface area contributed by atoms with E-state index in [0.29, 0.717) is 41.3 Å². The number of aliphatic carboxylic acids is 1. The molecule has 0 atom stereocenters. The molecule has 1 fully saturated rings. The largest absolute Gasteiger partial charge is 0.490 e. The van der Waals surface area contributed by atoms with E-state index in [1.807, 2.05) is 24.3 Å². The molecule has 0 spiro atoms. The molecule has 0 radical (unpaired) electrons. The third kappa shape index (κ3) is 5.91. The molecular weight excluding hydrogens is 495 g/mol. The van der Waals surface area contributed by atoms with Crippen molar-refractivity contribution in [3.8, 4) is 5.75 Å². The van der Waals surface area contributed by atoms with Crippen LogP contribution in [0.3, 0.4) is 0 Å². The Hall–Kier alpha value is -3.17. The van der Waals surface area contributed by atoms with Crippen LogP contribution in [0.1, 0.15) is 45.7 Å². The van der Waals surface area contributed by atoms with Gasteiger partial charge in [0.25, 0.3) is 11.8 Å². The Morgan fingerprint density at radius 3 is 2.37 bits per heavy atom. The van der Waals surface area contributed by atoms with Crippen LogP contribution in [0.4, 0.5) is 4.39 Å². The minimum atomic E-state index is -0.798. The third-order valence-corrected chi connectivity index (χ3v) is 7.62. The number of nitrogens with one attached hydrogen (secondary N) is 2. The maximum Gasteiger partial charge on any atom is 0.306 e. The second-order valence-corrected chi connectivity index (χ2v) is 9.75. The maximum absolute atomic E-state index is 14.5. The van der Waals surface area contributed by atoms with Gasteiger partial charge in [-0.3, -0.25) is 14.4 Å². The Bertz CT molecular complexity index is 1260. The molecule has 1 heterocycles. The molecule has 1 aliphatic rings. The van der Waals surface area contributed by atoms with Crippen LogP contribution in [0.15, 0.2) is 42.5 Å². The van der Waals surface area contributed by atoms with Crippen LogP contribution in [0.5, 0.6) is 5.75 Å². The number of thiophene rings is 1. The Kier molecular flexibility index (Phi) is 7.87. The summed E-state index contributed by atoms with van der Waals surface area (Å²) in [7, 11) is 0. The molecule has 1 aliphatic carbocycles. The highest BCUT2D eigenvalue weighted by molar-refractivity contribution is 7.21. The van der Waals surface area contributed by atoms with Gasteiger partial charge in [0.2, 0.25) is 0 Å². The van der Waals surface area contributed by atoms with Gasteiger partial charge in [-0.15, -0.1) is 11.3 Å². The summed E-state index contributed by atoms with van der Waals surface area (Å²) in [5.41, 5.74) is -0.134. The first-order chi connectivity index (χ1) is 16.8. The Labute approximate surface area is 210 Å². The molecule has 1 aromatic heterocycles. The second kappa shape index (κ2) is 11.0. The molecule has 35 heavy (non-hydrogen) atoms. The topological polar surface area (TPSA) is 105 Å². The molecule has 10 heteroatoms. The zero-order valence-corrected chi connectivity index (χ0v) is 20.3. The lowest BCUT2D eigenvalue weighted by molar-refractivity contribution is -0.143. The minimum absolute atomic E-state index is 0.109. The van der Waals surface area contributed by atoms with Crippen molar-refractivity contribution >= 4 is 50.8 Å². The smallest absolute Gasteiger partial charge is 0.306 e. The van der Waals surface area contributed by atoms with Gasteiger partial charge in [0.05, 0.1) is 22.6 Å². The molecular formula is C25H24ClFN2O5S. The van der Waals surface area contributed by atoms with Crippen molar-refractivity contribution in [3.05, 3.63) is 63.7 Å². The summed E-state index contributed by atoms with van der Waals surface area (Å²) in [4.78, 5) is 36.3. The number of rotatable bonds is 8. The maximum atomic E-state index is 14.5. The number of carboxylic acids is 1. The molecule has 0 unspecified atom stereocenters. The van der Waals surface area contributed by atoms with Gasteiger partial charge in [0, 0.05) is 29.2 Å². The number of carbonyl (C=O) groups excluding carboxylic acids is 2. The lowest BCUT2D eigenvalue weighted by Crippen LogP contribution is -2.34. The number of ether oxygens (including phenoxy) is 1. The summed E-state index contributed by atoms with van der Waals surface area (Å²) in [5, 5.41) is 15.6. The van der Waals surface area contributed by atoms with E-state index in [4.69, 9.17) is 21.4 Å². The molecule has 3 N–H and O–H groups in total. The van der Waals surface area contributed by atoms with E-state index in [2.05, 4.69) is 10.6 Å². The van der Waals surface area contributed by atoms with Crippen molar-refractivity contribution in [3.63, 3.8) is 0 Å². The average molecular weight is 519 g/mol. The summed E-state index contributed by atoms with van der Waals surface area (Å²) in [6.45, 7) is 0.259. The highest BCUT2D eigenvalue weighted by Crippen LogP contribution is 2.35. The van der Waals surface area contributed by atoms with Crippen molar-refractivity contribution in [1.29, 1.82) is 0 Å². The number of amides is 2. The third-order valence-electron chi connectivity index (χ3n) is 5.95. The number of carbonyl (C=O) groups is 3. The number of benzene rings is 2. The van der Waals surface area contributed by atoms with Crippen LogP contribution in [-0.4, -0.2) is 42.1 Å². The summed E-state index contributed by atoms with van der Waals surface area (Å²) < 4.78 is 21.2. The standard InChI is InChI=1S/C25H24ClFN2O5S/c26-21-18-3-1-2-4-20(18)35-22(21)24(31)29-12-11-28-23(30)17-10-9-16(13-19(17)27)34-15-7-5-14(6-8-15)25(32)33/h1-4,9-10,13-15H,5-8,11-12H2,(H,28,30)(H,29,31)(H,32,33)/t14-,15+. The van der Waals surface area contributed by atoms with E-state index in [-0.39, 0.29) is 36.6 Å². The molecule has 3 aromatic rings. The van der Waals surface area contributed by atoms with Crippen molar-refractivity contribution in [2.24, 2.45) is 5.92 Å². The average Bonchev–Trinajstić information content (AvgIpc) is 3.18. The van der Waals surface area contributed by atoms with Gasteiger partial charge in [-0.25, -0.2) is 4.39 Å². The molecule has 184 valence electrons. The summed E-state index contributed by atoms with van der Waals surface area (Å²) >= 11 is 7.60. The van der Waals surface area contributed by atoms with E-state index in [0.717, 1.165) is 16.2 Å². The summed E-state index contributed by atoms with van der Waals surface area (Å²) in [5.74, 6) is -2.52. The van der Waals surface area contributed by atoms with Crippen LogP contribution in [0, 0.1) is 11.7 Å². The lowest BCUT2D eigenvalue weighted by atomic mass is 9.87. The van der Waals surface area contributed by atoms with Crippen LogP contribution in [-0.2, 0) is 4.79 Å². The fourth-order valence-corrected chi connectivity index (χ4v) is 5.49. The molecule has 4 rings (SSSR count). The summed E-state index contributed by atoms with van der Waals surface area (Å²) in [6, 6.07) is 11.5. The van der Waals surface area contributed by atoms with Crippen LogP contribution >= 0.6 is 22.9 Å². The normalized spacial score (nSPS) is 17.7. The van der Waals surface area contributed by atoms with E-state index in [1.165, 1.54) is 23.5 Å². The lowest BCUT2D eigenvalue weighted by Gasteiger charge is -2.26. The van der Waals surface area contributed by atoms with Crippen LogP contribution in [0.25, 0.3) is 10.1 Å². The van der Waals surface area contributed by atoms with E-state index in [1.54, 1.807) is 0 Å². The number of hydrogen-bond acceptors (Lipinski definition) is 5. The Morgan fingerprint density at radius 2 is 1.71 bits per heavy atom. The van der Waals surface area contributed by atoms with Gasteiger partial charge >= 0.3 is 5.97 Å².